The predicted molar refractivity (Wildman–Crippen MR) is 253 cm³/mol. The van der Waals surface area contributed by atoms with Gasteiger partial charge in [-0.2, -0.15) is 0 Å². The first-order chi connectivity index (χ1) is 29.8. The lowest BCUT2D eigenvalue weighted by atomic mass is 9.87. The molecule has 0 aliphatic carbocycles. The molecule has 0 spiro atoms. The van der Waals surface area contributed by atoms with E-state index in [0.29, 0.717) is 0 Å². The van der Waals surface area contributed by atoms with Crippen molar-refractivity contribution in [1.82, 2.24) is 0 Å². The van der Waals surface area contributed by atoms with Gasteiger partial charge in [-0.3, -0.25) is 0 Å². The minimum atomic E-state index is 0.846. The molecule has 10 aromatic carbocycles. The third kappa shape index (κ3) is 6.32. The standard InChI is InChI=1S/C58H39NO/c1-5-17-40(18-6-1)49-27-15-28-50(41-19-7-2-8-20-41)57(49)44-31-33-47(34-32-44)59(54-38-46-26-14-13-25-45(46)37-53(54)43-23-11-4-12-24-43)48-35-36-52-56(39-48)60-55-30-16-29-51(58(52)55)42-21-9-3-10-22-42/h1-39H. The van der Waals surface area contributed by atoms with Gasteiger partial charge >= 0.3 is 0 Å². The lowest BCUT2D eigenvalue weighted by Gasteiger charge is -2.29. The summed E-state index contributed by atoms with van der Waals surface area (Å²) < 4.78 is 6.72. The molecule has 0 amide bonds. The van der Waals surface area contributed by atoms with E-state index in [-0.39, 0.29) is 0 Å². The van der Waals surface area contributed by atoms with Crippen LogP contribution in [0.2, 0.25) is 0 Å². The maximum Gasteiger partial charge on any atom is 0.137 e. The van der Waals surface area contributed by atoms with Crippen LogP contribution in [0.1, 0.15) is 0 Å². The van der Waals surface area contributed by atoms with E-state index in [1.807, 2.05) is 0 Å². The molecular formula is C58H39NO. The second-order valence-corrected chi connectivity index (χ2v) is 15.3. The number of nitrogens with zero attached hydrogens (tertiary/aromatic N) is 1. The second-order valence-electron chi connectivity index (χ2n) is 15.3. The lowest BCUT2D eigenvalue weighted by Crippen LogP contribution is -2.11. The van der Waals surface area contributed by atoms with Crippen LogP contribution in [0.15, 0.2) is 241 Å². The summed E-state index contributed by atoms with van der Waals surface area (Å²) in [6, 6.07) is 84.8. The molecule has 0 aliphatic heterocycles. The van der Waals surface area contributed by atoms with Crippen molar-refractivity contribution >= 4 is 49.8 Å². The number of anilines is 3. The zero-order valence-corrected chi connectivity index (χ0v) is 32.9. The van der Waals surface area contributed by atoms with E-state index in [4.69, 9.17) is 4.42 Å². The Hall–Kier alpha value is -7.94. The second kappa shape index (κ2) is 15.1. The van der Waals surface area contributed by atoms with Gasteiger partial charge < -0.3 is 9.32 Å². The summed E-state index contributed by atoms with van der Waals surface area (Å²) in [5.74, 6) is 0. The van der Waals surface area contributed by atoms with E-state index in [9.17, 15) is 0 Å². The fourth-order valence-corrected chi connectivity index (χ4v) is 8.86. The molecular weight excluding hydrogens is 727 g/mol. The van der Waals surface area contributed by atoms with Crippen LogP contribution in [0, 0.1) is 0 Å². The van der Waals surface area contributed by atoms with Crippen LogP contribution in [0.3, 0.4) is 0 Å². The summed E-state index contributed by atoms with van der Waals surface area (Å²) in [6.07, 6.45) is 0. The maximum absolute atomic E-state index is 6.72. The summed E-state index contributed by atoms with van der Waals surface area (Å²) in [5, 5.41) is 4.59. The third-order valence-electron chi connectivity index (χ3n) is 11.7. The van der Waals surface area contributed by atoms with Crippen molar-refractivity contribution in [3.8, 4) is 55.6 Å². The Balaban J connectivity index is 1.13. The van der Waals surface area contributed by atoms with Gasteiger partial charge in [0.05, 0.1) is 5.69 Å². The average Bonchev–Trinajstić information content (AvgIpc) is 3.71. The fraction of sp³-hybridized carbons (Fsp3) is 0. The summed E-state index contributed by atoms with van der Waals surface area (Å²) in [4.78, 5) is 2.39. The molecule has 1 aromatic heterocycles. The highest BCUT2D eigenvalue weighted by molar-refractivity contribution is 6.13. The highest BCUT2D eigenvalue weighted by Crippen LogP contribution is 2.47. The van der Waals surface area contributed by atoms with Crippen molar-refractivity contribution < 1.29 is 4.42 Å². The smallest absolute Gasteiger partial charge is 0.137 e. The highest BCUT2D eigenvalue weighted by Gasteiger charge is 2.22. The quantitative estimate of drug-likeness (QED) is 0.153. The first-order valence-electron chi connectivity index (χ1n) is 20.5. The predicted octanol–water partition coefficient (Wildman–Crippen LogP) is 16.5. The van der Waals surface area contributed by atoms with E-state index in [1.165, 1.54) is 49.7 Å². The Labute approximate surface area is 349 Å². The molecule has 0 N–H and O–H groups in total. The van der Waals surface area contributed by atoms with Crippen LogP contribution in [0.4, 0.5) is 17.1 Å². The molecule has 2 heteroatoms. The Morgan fingerprint density at radius 2 is 0.783 bits per heavy atom. The number of rotatable bonds is 8. The van der Waals surface area contributed by atoms with Gasteiger partial charge in [-0.25, -0.2) is 0 Å². The van der Waals surface area contributed by atoms with Gasteiger partial charge in [0.2, 0.25) is 0 Å². The lowest BCUT2D eigenvalue weighted by molar-refractivity contribution is 0.669. The van der Waals surface area contributed by atoms with Crippen molar-refractivity contribution in [3.05, 3.63) is 237 Å². The van der Waals surface area contributed by atoms with Gasteiger partial charge in [0.25, 0.3) is 0 Å². The maximum atomic E-state index is 6.72. The average molecular weight is 766 g/mol. The molecule has 0 aliphatic rings. The molecule has 0 saturated carbocycles. The molecule has 0 atom stereocenters. The molecule has 11 aromatic rings. The van der Waals surface area contributed by atoms with Crippen molar-refractivity contribution in [2.24, 2.45) is 0 Å². The van der Waals surface area contributed by atoms with Crippen molar-refractivity contribution in [2.75, 3.05) is 4.90 Å². The van der Waals surface area contributed by atoms with E-state index >= 15 is 0 Å². The van der Waals surface area contributed by atoms with E-state index < -0.39 is 0 Å². The molecule has 11 rings (SSSR count). The van der Waals surface area contributed by atoms with Gasteiger partial charge in [0, 0.05) is 33.8 Å². The summed E-state index contributed by atoms with van der Waals surface area (Å²) in [6.45, 7) is 0. The molecule has 0 fully saturated rings. The summed E-state index contributed by atoms with van der Waals surface area (Å²) in [5.41, 5.74) is 16.6. The van der Waals surface area contributed by atoms with Crippen molar-refractivity contribution in [1.29, 1.82) is 0 Å². The monoisotopic (exact) mass is 765 g/mol. The summed E-state index contributed by atoms with van der Waals surface area (Å²) >= 11 is 0. The number of hydrogen-bond acceptors (Lipinski definition) is 2. The normalized spacial score (nSPS) is 11.3. The van der Waals surface area contributed by atoms with Crippen LogP contribution in [0.5, 0.6) is 0 Å². The minimum Gasteiger partial charge on any atom is -0.456 e. The van der Waals surface area contributed by atoms with Crippen molar-refractivity contribution in [2.45, 2.75) is 0 Å². The Morgan fingerprint density at radius 3 is 1.38 bits per heavy atom. The Morgan fingerprint density at radius 1 is 0.300 bits per heavy atom. The first kappa shape index (κ1) is 35.2. The van der Waals surface area contributed by atoms with Gasteiger partial charge in [0.15, 0.2) is 0 Å². The largest absolute Gasteiger partial charge is 0.456 e. The number of hydrogen-bond donors (Lipinski definition) is 0. The van der Waals surface area contributed by atoms with Crippen LogP contribution >= 0.6 is 0 Å². The molecule has 1 heterocycles. The van der Waals surface area contributed by atoms with Crippen LogP contribution < -0.4 is 4.90 Å². The highest BCUT2D eigenvalue weighted by atomic mass is 16.3. The van der Waals surface area contributed by atoms with E-state index in [1.54, 1.807) is 0 Å². The minimum absolute atomic E-state index is 0.846. The van der Waals surface area contributed by atoms with Crippen molar-refractivity contribution in [3.63, 3.8) is 0 Å². The number of fused-ring (bicyclic) bond motifs is 4. The molecule has 0 unspecified atom stereocenters. The molecule has 2 nitrogen and oxygen atoms in total. The molecule has 282 valence electrons. The van der Waals surface area contributed by atoms with Gasteiger partial charge in [-0.1, -0.05) is 188 Å². The van der Waals surface area contributed by atoms with Crippen LogP contribution in [0.25, 0.3) is 88.3 Å². The number of furan rings is 1. The van der Waals surface area contributed by atoms with Crippen LogP contribution in [-0.2, 0) is 0 Å². The Kier molecular flexibility index (Phi) is 8.87. The number of benzene rings is 10. The zero-order valence-electron chi connectivity index (χ0n) is 32.9. The Bertz CT molecular complexity index is 3220. The van der Waals surface area contributed by atoms with Gasteiger partial charge in [-0.05, 0) is 103 Å². The fourth-order valence-electron chi connectivity index (χ4n) is 8.86. The summed E-state index contributed by atoms with van der Waals surface area (Å²) in [7, 11) is 0. The van der Waals surface area contributed by atoms with Crippen LogP contribution in [-0.4, -0.2) is 0 Å². The zero-order chi connectivity index (χ0) is 39.8. The van der Waals surface area contributed by atoms with E-state index in [0.717, 1.165) is 55.7 Å². The topological polar surface area (TPSA) is 16.4 Å². The molecule has 0 radical (unpaired) electrons. The van der Waals surface area contributed by atoms with Gasteiger partial charge in [-0.15, -0.1) is 0 Å². The molecule has 0 bridgehead atoms. The van der Waals surface area contributed by atoms with Gasteiger partial charge in [0.1, 0.15) is 11.2 Å². The van der Waals surface area contributed by atoms with E-state index in [2.05, 4.69) is 241 Å². The third-order valence-corrected chi connectivity index (χ3v) is 11.7. The molecule has 0 saturated heterocycles. The first-order valence-corrected chi connectivity index (χ1v) is 20.5. The molecule has 60 heavy (non-hydrogen) atoms. The SMILES string of the molecule is c1ccc(-c2cc3ccccc3cc2N(c2ccc(-c3c(-c4ccccc4)cccc3-c3ccccc3)cc2)c2ccc3c(c2)oc2cccc(-c4ccccc4)c23)cc1.